The molecule has 0 aliphatic carbocycles. The van der Waals surface area contributed by atoms with Crippen molar-refractivity contribution in [3.63, 3.8) is 0 Å². The molecule has 1 atom stereocenters. The van der Waals surface area contributed by atoms with E-state index in [1.165, 1.54) is 5.56 Å². The molecule has 6 nitrogen and oxygen atoms in total. The molecule has 0 amide bonds. The largest absolute Gasteiger partial charge is 0.354 e. The van der Waals surface area contributed by atoms with Crippen LogP contribution in [0.5, 0.6) is 0 Å². The monoisotopic (exact) mass is 384 g/mol. The number of rotatable bonds is 4. The van der Waals surface area contributed by atoms with Gasteiger partial charge in [-0.25, -0.2) is 15.0 Å². The van der Waals surface area contributed by atoms with E-state index in [4.69, 9.17) is 10.2 Å². The van der Waals surface area contributed by atoms with Crippen LogP contribution in [0.15, 0.2) is 54.7 Å². The molecular formula is C23H24N6. The fraction of sp³-hybridized carbons (Fsp3) is 0.304. The Morgan fingerprint density at radius 2 is 1.76 bits per heavy atom. The number of benzene rings is 1. The summed E-state index contributed by atoms with van der Waals surface area (Å²) in [5.41, 5.74) is 3.50. The van der Waals surface area contributed by atoms with E-state index in [9.17, 15) is 0 Å². The van der Waals surface area contributed by atoms with Crippen LogP contribution < -0.4 is 4.90 Å². The minimum Gasteiger partial charge on any atom is -0.354 e. The molecule has 146 valence electrons. The summed E-state index contributed by atoms with van der Waals surface area (Å²) in [6.07, 6.45) is 1.66. The number of nitriles is 1. The molecule has 2 aromatic heterocycles. The van der Waals surface area contributed by atoms with Crippen molar-refractivity contribution in [1.82, 2.24) is 19.9 Å². The average molecular weight is 384 g/mol. The molecule has 0 saturated carbocycles. The molecule has 0 bridgehead atoms. The standard InChI is InChI=1S/C23H24N6/c1-17-14-22(27-23(26-17)20-8-9-21(15-24)25-16-20)29-12-10-28(11-13-29)18(2)19-6-4-3-5-7-19/h3-9,14,16,18H,10-13H2,1-2H3. The summed E-state index contributed by atoms with van der Waals surface area (Å²) < 4.78 is 0. The molecule has 4 rings (SSSR count). The van der Waals surface area contributed by atoms with Crippen molar-refractivity contribution in [1.29, 1.82) is 5.26 Å². The van der Waals surface area contributed by atoms with Crippen molar-refractivity contribution in [2.24, 2.45) is 0 Å². The minimum absolute atomic E-state index is 0.394. The van der Waals surface area contributed by atoms with E-state index in [0.29, 0.717) is 17.6 Å². The Bertz CT molecular complexity index is 1000. The molecule has 1 saturated heterocycles. The van der Waals surface area contributed by atoms with Crippen LogP contribution in [0.2, 0.25) is 0 Å². The van der Waals surface area contributed by atoms with E-state index in [1.54, 1.807) is 12.3 Å². The SMILES string of the molecule is Cc1cc(N2CCN(C(C)c3ccccc3)CC2)nc(-c2ccc(C#N)nc2)n1. The van der Waals surface area contributed by atoms with Crippen LogP contribution in [0, 0.1) is 18.3 Å². The summed E-state index contributed by atoms with van der Waals surface area (Å²) in [6, 6.07) is 18.7. The van der Waals surface area contributed by atoms with Gasteiger partial charge in [0.25, 0.3) is 0 Å². The molecule has 29 heavy (non-hydrogen) atoms. The lowest BCUT2D eigenvalue weighted by molar-refractivity contribution is 0.198. The number of hydrogen-bond donors (Lipinski definition) is 0. The fourth-order valence-corrected chi connectivity index (χ4v) is 3.72. The van der Waals surface area contributed by atoms with E-state index in [2.05, 4.69) is 57.0 Å². The van der Waals surface area contributed by atoms with Gasteiger partial charge in [0.15, 0.2) is 5.82 Å². The number of nitrogens with zero attached hydrogens (tertiary/aromatic N) is 6. The third kappa shape index (κ3) is 4.25. The molecule has 1 aromatic carbocycles. The number of hydrogen-bond acceptors (Lipinski definition) is 6. The van der Waals surface area contributed by atoms with Gasteiger partial charge in [0.2, 0.25) is 0 Å². The van der Waals surface area contributed by atoms with Crippen molar-refractivity contribution in [2.75, 3.05) is 31.1 Å². The Morgan fingerprint density at radius 3 is 2.41 bits per heavy atom. The molecule has 6 heteroatoms. The maximum Gasteiger partial charge on any atom is 0.163 e. The number of piperazine rings is 1. The van der Waals surface area contributed by atoms with Gasteiger partial charge in [0.1, 0.15) is 17.6 Å². The second kappa shape index (κ2) is 8.38. The van der Waals surface area contributed by atoms with Crippen molar-refractivity contribution in [3.8, 4) is 17.5 Å². The minimum atomic E-state index is 0.394. The Kier molecular flexibility index (Phi) is 5.50. The van der Waals surface area contributed by atoms with Crippen molar-refractivity contribution in [3.05, 3.63) is 71.7 Å². The molecule has 0 radical (unpaired) electrons. The van der Waals surface area contributed by atoms with Crippen LogP contribution in [0.3, 0.4) is 0 Å². The zero-order valence-electron chi connectivity index (χ0n) is 16.8. The van der Waals surface area contributed by atoms with E-state index in [1.807, 2.05) is 25.1 Å². The van der Waals surface area contributed by atoms with Crippen LogP contribution in [0.4, 0.5) is 5.82 Å². The first-order valence-corrected chi connectivity index (χ1v) is 9.90. The smallest absolute Gasteiger partial charge is 0.163 e. The molecule has 3 aromatic rings. The average Bonchev–Trinajstić information content (AvgIpc) is 2.79. The summed E-state index contributed by atoms with van der Waals surface area (Å²) in [6.45, 7) is 8.10. The second-order valence-corrected chi connectivity index (χ2v) is 7.34. The highest BCUT2D eigenvalue weighted by Crippen LogP contribution is 2.24. The number of pyridine rings is 1. The maximum absolute atomic E-state index is 8.94. The van der Waals surface area contributed by atoms with Gasteiger partial charge in [0, 0.05) is 55.7 Å². The normalized spacial score (nSPS) is 15.7. The Morgan fingerprint density at radius 1 is 1.00 bits per heavy atom. The quantitative estimate of drug-likeness (QED) is 0.685. The molecule has 1 fully saturated rings. The maximum atomic E-state index is 8.94. The highest BCUT2D eigenvalue weighted by Gasteiger charge is 2.23. The first-order valence-electron chi connectivity index (χ1n) is 9.90. The van der Waals surface area contributed by atoms with Gasteiger partial charge in [-0.15, -0.1) is 0 Å². The number of aromatic nitrogens is 3. The fourth-order valence-electron chi connectivity index (χ4n) is 3.72. The van der Waals surface area contributed by atoms with Crippen molar-refractivity contribution < 1.29 is 0 Å². The topological polar surface area (TPSA) is 68.9 Å². The van der Waals surface area contributed by atoms with E-state index >= 15 is 0 Å². The summed E-state index contributed by atoms with van der Waals surface area (Å²) in [5, 5.41) is 8.94. The van der Waals surface area contributed by atoms with Crippen LogP contribution in [0.1, 0.15) is 29.9 Å². The predicted molar refractivity (Wildman–Crippen MR) is 113 cm³/mol. The third-order valence-electron chi connectivity index (χ3n) is 5.44. The summed E-state index contributed by atoms with van der Waals surface area (Å²) >= 11 is 0. The Hall–Kier alpha value is -3.30. The predicted octanol–water partition coefficient (Wildman–Crippen LogP) is 3.60. The second-order valence-electron chi connectivity index (χ2n) is 7.34. The van der Waals surface area contributed by atoms with Gasteiger partial charge >= 0.3 is 0 Å². The lowest BCUT2D eigenvalue weighted by atomic mass is 10.1. The molecule has 0 spiro atoms. The molecule has 3 heterocycles. The molecule has 1 unspecified atom stereocenters. The summed E-state index contributed by atoms with van der Waals surface area (Å²) in [7, 11) is 0. The molecule has 1 aliphatic rings. The lowest BCUT2D eigenvalue weighted by Crippen LogP contribution is -2.47. The molecular weight excluding hydrogens is 360 g/mol. The Balaban J connectivity index is 1.48. The van der Waals surface area contributed by atoms with E-state index < -0.39 is 0 Å². The van der Waals surface area contributed by atoms with Crippen LogP contribution >= 0.6 is 0 Å². The van der Waals surface area contributed by atoms with E-state index in [-0.39, 0.29) is 0 Å². The third-order valence-corrected chi connectivity index (χ3v) is 5.44. The lowest BCUT2D eigenvalue weighted by Gasteiger charge is -2.38. The van der Waals surface area contributed by atoms with Gasteiger partial charge in [-0.2, -0.15) is 5.26 Å². The Labute approximate surface area is 171 Å². The van der Waals surface area contributed by atoms with Gasteiger partial charge in [0.05, 0.1) is 0 Å². The van der Waals surface area contributed by atoms with Gasteiger partial charge < -0.3 is 4.90 Å². The van der Waals surface area contributed by atoms with Gasteiger partial charge in [-0.05, 0) is 31.5 Å². The zero-order valence-corrected chi connectivity index (χ0v) is 16.8. The number of aryl methyl sites for hydroxylation is 1. The highest BCUT2D eigenvalue weighted by atomic mass is 15.3. The van der Waals surface area contributed by atoms with Crippen LogP contribution in [0.25, 0.3) is 11.4 Å². The van der Waals surface area contributed by atoms with Gasteiger partial charge in [-0.3, -0.25) is 4.90 Å². The number of anilines is 1. The van der Waals surface area contributed by atoms with E-state index in [0.717, 1.165) is 43.3 Å². The van der Waals surface area contributed by atoms with Crippen molar-refractivity contribution >= 4 is 5.82 Å². The highest BCUT2D eigenvalue weighted by molar-refractivity contribution is 5.57. The van der Waals surface area contributed by atoms with Gasteiger partial charge in [-0.1, -0.05) is 30.3 Å². The molecule has 0 N–H and O–H groups in total. The molecule has 1 aliphatic heterocycles. The first-order chi connectivity index (χ1) is 14.1. The summed E-state index contributed by atoms with van der Waals surface area (Å²) in [4.78, 5) is 18.3. The zero-order chi connectivity index (χ0) is 20.2. The van der Waals surface area contributed by atoms with Crippen LogP contribution in [-0.4, -0.2) is 46.0 Å². The van der Waals surface area contributed by atoms with Crippen LogP contribution in [-0.2, 0) is 0 Å². The summed E-state index contributed by atoms with van der Waals surface area (Å²) in [5.74, 6) is 1.60. The first kappa shape index (κ1) is 19.0. The van der Waals surface area contributed by atoms with Crippen molar-refractivity contribution in [2.45, 2.75) is 19.9 Å².